The van der Waals surface area contributed by atoms with Crippen LogP contribution in [0.2, 0.25) is 10.2 Å². The predicted octanol–water partition coefficient (Wildman–Crippen LogP) is 5.72. The topological polar surface area (TPSA) is 47.9 Å². The Bertz CT molecular complexity index is 1140. The van der Waals surface area contributed by atoms with E-state index in [0.29, 0.717) is 38.5 Å². The zero-order chi connectivity index (χ0) is 18.8. The molecule has 0 amide bonds. The van der Waals surface area contributed by atoms with E-state index < -0.39 is 0 Å². The summed E-state index contributed by atoms with van der Waals surface area (Å²) in [6, 6.07) is 15.1. The van der Waals surface area contributed by atoms with Crippen LogP contribution in [0.3, 0.4) is 0 Å². The van der Waals surface area contributed by atoms with Crippen molar-refractivity contribution in [3.8, 4) is 17.0 Å². The van der Waals surface area contributed by atoms with Crippen molar-refractivity contribution in [2.24, 2.45) is 0 Å². The molecule has 0 aliphatic heterocycles. The fourth-order valence-electron chi connectivity index (χ4n) is 2.75. The first-order valence-corrected chi connectivity index (χ1v) is 8.82. The van der Waals surface area contributed by atoms with Crippen LogP contribution in [0.5, 0.6) is 5.75 Å². The molecule has 2 aromatic heterocycles. The normalized spacial score (nSPS) is 10.9. The molecule has 4 nitrogen and oxygen atoms in total. The van der Waals surface area contributed by atoms with Gasteiger partial charge in [-0.3, -0.25) is 4.98 Å². The van der Waals surface area contributed by atoms with Gasteiger partial charge in [-0.1, -0.05) is 35.3 Å². The second-order valence-electron chi connectivity index (χ2n) is 5.75. The maximum Gasteiger partial charge on any atom is 0.159 e. The number of ether oxygens (including phenoxy) is 1. The minimum absolute atomic E-state index is 0.185. The van der Waals surface area contributed by atoms with Gasteiger partial charge in [-0.2, -0.15) is 0 Å². The maximum atomic E-state index is 13.8. The average Bonchev–Trinajstić information content (AvgIpc) is 2.68. The Morgan fingerprint density at radius 3 is 2.63 bits per heavy atom. The van der Waals surface area contributed by atoms with Crippen LogP contribution in [0.1, 0.15) is 5.69 Å². The van der Waals surface area contributed by atoms with E-state index in [1.54, 1.807) is 30.5 Å². The number of hydrogen-bond acceptors (Lipinski definition) is 4. The molecular weight excluding hydrogens is 388 g/mol. The van der Waals surface area contributed by atoms with Gasteiger partial charge in [-0.15, -0.1) is 10.2 Å². The SMILES string of the molecule is Fc1ccc2c(Cl)nnc(-c3ccccc3OCc3ncccc3Cl)c2c1. The van der Waals surface area contributed by atoms with E-state index in [4.69, 9.17) is 27.9 Å². The van der Waals surface area contributed by atoms with Gasteiger partial charge in [-0.05, 0) is 42.5 Å². The summed E-state index contributed by atoms with van der Waals surface area (Å²) in [5, 5.41) is 10.1. The summed E-state index contributed by atoms with van der Waals surface area (Å²) in [6.07, 6.45) is 1.65. The highest BCUT2D eigenvalue weighted by atomic mass is 35.5. The summed E-state index contributed by atoms with van der Waals surface area (Å²) in [6.45, 7) is 0.185. The molecule has 0 bridgehead atoms. The minimum Gasteiger partial charge on any atom is -0.487 e. The summed E-state index contributed by atoms with van der Waals surface area (Å²) in [4.78, 5) is 4.22. The van der Waals surface area contributed by atoms with Crippen LogP contribution in [0.15, 0.2) is 60.8 Å². The van der Waals surface area contributed by atoms with Crippen LogP contribution in [0.25, 0.3) is 22.0 Å². The maximum absolute atomic E-state index is 13.8. The third-order valence-corrected chi connectivity index (χ3v) is 4.66. The van der Waals surface area contributed by atoms with Crippen LogP contribution in [-0.4, -0.2) is 15.2 Å². The van der Waals surface area contributed by atoms with Gasteiger partial charge < -0.3 is 4.74 Å². The van der Waals surface area contributed by atoms with Gasteiger partial charge in [0.2, 0.25) is 0 Å². The summed E-state index contributed by atoms with van der Waals surface area (Å²) in [7, 11) is 0. The van der Waals surface area contributed by atoms with Gasteiger partial charge in [-0.25, -0.2) is 4.39 Å². The quantitative estimate of drug-likeness (QED) is 0.440. The molecule has 4 rings (SSSR count). The van der Waals surface area contributed by atoms with Crippen LogP contribution in [-0.2, 0) is 6.61 Å². The van der Waals surface area contributed by atoms with Gasteiger partial charge in [0.05, 0.1) is 10.7 Å². The molecule has 2 aromatic carbocycles. The largest absolute Gasteiger partial charge is 0.487 e. The van der Waals surface area contributed by atoms with Crippen LogP contribution >= 0.6 is 23.2 Å². The Labute approximate surface area is 164 Å². The van der Waals surface area contributed by atoms with Crippen LogP contribution < -0.4 is 4.74 Å². The van der Waals surface area contributed by atoms with Gasteiger partial charge in [0.25, 0.3) is 0 Å². The van der Waals surface area contributed by atoms with Crippen molar-refractivity contribution in [2.45, 2.75) is 6.61 Å². The number of nitrogens with zero attached hydrogens (tertiary/aromatic N) is 3. The zero-order valence-electron chi connectivity index (χ0n) is 13.9. The number of aromatic nitrogens is 3. The molecular formula is C20H12Cl2FN3O. The molecule has 2 heterocycles. The molecule has 0 unspecified atom stereocenters. The Morgan fingerprint density at radius 2 is 1.78 bits per heavy atom. The monoisotopic (exact) mass is 399 g/mol. The smallest absolute Gasteiger partial charge is 0.159 e. The lowest BCUT2D eigenvalue weighted by Crippen LogP contribution is -2.01. The first-order valence-electron chi connectivity index (χ1n) is 8.06. The number of para-hydroxylation sites is 1. The molecule has 0 saturated carbocycles. The standard InChI is InChI=1S/C20H12Cl2FN3O/c21-16-5-3-9-24-17(16)11-27-18-6-2-1-4-14(18)19-15-10-12(23)7-8-13(15)20(22)26-25-19/h1-10H,11H2. The molecule has 27 heavy (non-hydrogen) atoms. The van der Waals surface area contributed by atoms with Crippen molar-refractivity contribution >= 4 is 34.0 Å². The van der Waals surface area contributed by atoms with Crippen LogP contribution in [0.4, 0.5) is 4.39 Å². The van der Waals surface area contributed by atoms with E-state index in [1.807, 2.05) is 18.2 Å². The molecule has 0 fully saturated rings. The molecule has 0 atom stereocenters. The number of rotatable bonds is 4. The highest BCUT2D eigenvalue weighted by molar-refractivity contribution is 6.34. The van der Waals surface area contributed by atoms with Gasteiger partial charge in [0.15, 0.2) is 5.15 Å². The molecule has 7 heteroatoms. The molecule has 0 N–H and O–H groups in total. The second-order valence-corrected chi connectivity index (χ2v) is 6.51. The predicted molar refractivity (Wildman–Crippen MR) is 104 cm³/mol. The molecule has 4 aromatic rings. The summed E-state index contributed by atoms with van der Waals surface area (Å²) in [5.41, 5.74) is 1.77. The number of pyridine rings is 1. The fraction of sp³-hybridized carbons (Fsp3) is 0.0500. The summed E-state index contributed by atoms with van der Waals surface area (Å²) >= 11 is 12.3. The summed E-state index contributed by atoms with van der Waals surface area (Å²) < 4.78 is 19.8. The molecule has 0 radical (unpaired) electrons. The van der Waals surface area contributed by atoms with Crippen molar-refractivity contribution in [1.29, 1.82) is 0 Å². The first kappa shape index (κ1) is 17.6. The van der Waals surface area contributed by atoms with E-state index in [0.717, 1.165) is 0 Å². The van der Waals surface area contributed by atoms with E-state index in [9.17, 15) is 4.39 Å². The van der Waals surface area contributed by atoms with E-state index >= 15 is 0 Å². The Hall–Kier alpha value is -2.76. The average molecular weight is 400 g/mol. The zero-order valence-corrected chi connectivity index (χ0v) is 15.4. The lowest BCUT2D eigenvalue weighted by Gasteiger charge is -2.13. The van der Waals surface area contributed by atoms with Crippen molar-refractivity contribution in [2.75, 3.05) is 0 Å². The van der Waals surface area contributed by atoms with Crippen LogP contribution in [0, 0.1) is 5.82 Å². The van der Waals surface area contributed by atoms with Crippen molar-refractivity contribution in [3.05, 3.63) is 82.5 Å². The lowest BCUT2D eigenvalue weighted by atomic mass is 10.0. The summed E-state index contributed by atoms with van der Waals surface area (Å²) in [5.74, 6) is 0.174. The Morgan fingerprint density at radius 1 is 0.926 bits per heavy atom. The number of halogens is 3. The van der Waals surface area contributed by atoms with E-state index in [-0.39, 0.29) is 17.6 Å². The molecule has 0 aliphatic carbocycles. The number of fused-ring (bicyclic) bond motifs is 1. The molecule has 0 aliphatic rings. The fourth-order valence-corrected chi connectivity index (χ4v) is 3.13. The van der Waals surface area contributed by atoms with Gasteiger partial charge in [0, 0.05) is 22.5 Å². The molecule has 0 saturated heterocycles. The Balaban J connectivity index is 1.78. The highest BCUT2D eigenvalue weighted by Gasteiger charge is 2.15. The van der Waals surface area contributed by atoms with Crippen molar-refractivity contribution < 1.29 is 9.13 Å². The highest BCUT2D eigenvalue weighted by Crippen LogP contribution is 2.35. The Kier molecular flexibility index (Phi) is 4.88. The lowest BCUT2D eigenvalue weighted by molar-refractivity contribution is 0.302. The van der Waals surface area contributed by atoms with Crippen molar-refractivity contribution in [1.82, 2.24) is 15.2 Å². The molecule has 0 spiro atoms. The second kappa shape index (κ2) is 7.47. The molecule has 134 valence electrons. The number of benzene rings is 2. The first-order chi connectivity index (χ1) is 13.1. The van der Waals surface area contributed by atoms with Crippen molar-refractivity contribution in [3.63, 3.8) is 0 Å². The van der Waals surface area contributed by atoms with E-state index in [1.165, 1.54) is 12.1 Å². The van der Waals surface area contributed by atoms with E-state index in [2.05, 4.69) is 15.2 Å². The third-order valence-electron chi connectivity index (χ3n) is 4.04. The minimum atomic E-state index is -0.383. The number of hydrogen-bond donors (Lipinski definition) is 0. The van der Waals surface area contributed by atoms with Gasteiger partial charge >= 0.3 is 0 Å². The van der Waals surface area contributed by atoms with Gasteiger partial charge in [0.1, 0.15) is 23.9 Å². The third kappa shape index (κ3) is 3.56.